The Kier molecular flexibility index (Phi) is 3.64. The number of nitrogens with one attached hydrogen (secondary N) is 2. The van der Waals surface area contributed by atoms with Crippen LogP contribution in [0.2, 0.25) is 0 Å². The summed E-state index contributed by atoms with van der Waals surface area (Å²) in [6.45, 7) is 0.890. The van der Waals surface area contributed by atoms with Crippen molar-refractivity contribution >= 4 is 23.2 Å². The Hall–Kier alpha value is -2.34. The van der Waals surface area contributed by atoms with Gasteiger partial charge >= 0.3 is 0 Å². The van der Waals surface area contributed by atoms with Crippen LogP contribution in [-0.4, -0.2) is 34.7 Å². The van der Waals surface area contributed by atoms with Crippen molar-refractivity contribution in [3.8, 4) is 0 Å². The molecule has 20 heavy (non-hydrogen) atoms. The Morgan fingerprint density at radius 2 is 2.30 bits per heavy atom. The molecule has 3 rings (SSSR count). The lowest BCUT2D eigenvalue weighted by Gasteiger charge is -2.06. The van der Waals surface area contributed by atoms with Crippen LogP contribution in [0.4, 0.5) is 0 Å². The number of benzene rings is 1. The molecule has 0 radical (unpaired) electrons. The highest BCUT2D eigenvalue weighted by Crippen LogP contribution is 2.11. The molecule has 2 N–H and O–H groups in total. The Morgan fingerprint density at radius 1 is 1.40 bits per heavy atom. The standard InChI is InChI=1S/C14H15N5O/c20-14(12-5-2-6-15-12)19-18-9-10-3-1-4-11-13(10)17-8-7-16-11/h1,3-4,7-9,12,15H,2,5-6H2,(H,19,20)/b18-9+/t12-/m0/s1. The molecule has 1 fully saturated rings. The van der Waals surface area contributed by atoms with E-state index in [4.69, 9.17) is 0 Å². The van der Waals surface area contributed by atoms with Crippen molar-refractivity contribution in [1.82, 2.24) is 20.7 Å². The molecular formula is C14H15N5O. The summed E-state index contributed by atoms with van der Waals surface area (Å²) in [4.78, 5) is 20.3. The third-order valence-electron chi connectivity index (χ3n) is 3.29. The summed E-state index contributed by atoms with van der Waals surface area (Å²) in [6.07, 6.45) is 6.78. The van der Waals surface area contributed by atoms with Crippen molar-refractivity contribution in [3.05, 3.63) is 36.2 Å². The first kappa shape index (κ1) is 12.7. The van der Waals surface area contributed by atoms with Crippen molar-refractivity contribution in [2.75, 3.05) is 6.54 Å². The van der Waals surface area contributed by atoms with Gasteiger partial charge in [0.15, 0.2) is 0 Å². The zero-order valence-electron chi connectivity index (χ0n) is 10.9. The lowest BCUT2D eigenvalue weighted by Crippen LogP contribution is -2.38. The first-order valence-electron chi connectivity index (χ1n) is 6.60. The van der Waals surface area contributed by atoms with Crippen LogP contribution in [0, 0.1) is 0 Å². The van der Waals surface area contributed by atoms with Gasteiger partial charge in [0, 0.05) is 18.0 Å². The van der Waals surface area contributed by atoms with Crippen molar-refractivity contribution in [1.29, 1.82) is 0 Å². The molecule has 6 heteroatoms. The van der Waals surface area contributed by atoms with Crippen molar-refractivity contribution in [3.63, 3.8) is 0 Å². The number of hydrogen-bond acceptors (Lipinski definition) is 5. The van der Waals surface area contributed by atoms with E-state index in [-0.39, 0.29) is 11.9 Å². The largest absolute Gasteiger partial charge is 0.306 e. The van der Waals surface area contributed by atoms with Gasteiger partial charge < -0.3 is 5.32 Å². The quantitative estimate of drug-likeness (QED) is 0.639. The second-order valence-electron chi connectivity index (χ2n) is 4.65. The van der Waals surface area contributed by atoms with Crippen molar-refractivity contribution in [2.45, 2.75) is 18.9 Å². The molecule has 6 nitrogen and oxygen atoms in total. The van der Waals surface area contributed by atoms with Crippen LogP contribution >= 0.6 is 0 Å². The predicted octanol–water partition coefficient (Wildman–Crippen LogP) is 0.832. The minimum Gasteiger partial charge on any atom is -0.306 e. The third-order valence-corrected chi connectivity index (χ3v) is 3.29. The van der Waals surface area contributed by atoms with Crippen LogP contribution in [-0.2, 0) is 4.79 Å². The molecular weight excluding hydrogens is 254 g/mol. The molecule has 0 bridgehead atoms. The topological polar surface area (TPSA) is 79.3 Å². The van der Waals surface area contributed by atoms with Crippen molar-refractivity contribution in [2.24, 2.45) is 5.10 Å². The molecule has 1 amide bonds. The van der Waals surface area contributed by atoms with Crippen molar-refractivity contribution < 1.29 is 4.79 Å². The molecule has 1 atom stereocenters. The van der Waals surface area contributed by atoms with Crippen LogP contribution in [0.25, 0.3) is 11.0 Å². The van der Waals surface area contributed by atoms with E-state index in [0.29, 0.717) is 0 Å². The smallest absolute Gasteiger partial charge is 0.257 e. The number of carbonyl (C=O) groups is 1. The van der Waals surface area contributed by atoms with Gasteiger partial charge in [-0.05, 0) is 25.5 Å². The first-order chi connectivity index (χ1) is 9.84. The van der Waals surface area contributed by atoms with E-state index in [1.807, 2.05) is 18.2 Å². The summed E-state index contributed by atoms with van der Waals surface area (Å²) >= 11 is 0. The average Bonchev–Trinajstić information content (AvgIpc) is 3.02. The van der Waals surface area contributed by atoms with E-state index in [1.165, 1.54) is 0 Å². The van der Waals surface area contributed by atoms with Crippen LogP contribution in [0.5, 0.6) is 0 Å². The second-order valence-corrected chi connectivity index (χ2v) is 4.65. The Labute approximate surface area is 116 Å². The molecule has 2 aromatic rings. The lowest BCUT2D eigenvalue weighted by molar-refractivity contribution is -0.122. The summed E-state index contributed by atoms with van der Waals surface area (Å²) < 4.78 is 0. The number of amides is 1. The van der Waals surface area contributed by atoms with Crippen LogP contribution in [0.15, 0.2) is 35.7 Å². The zero-order chi connectivity index (χ0) is 13.8. The molecule has 2 heterocycles. The fourth-order valence-corrected chi connectivity index (χ4v) is 2.27. The fraction of sp³-hybridized carbons (Fsp3) is 0.286. The number of aromatic nitrogens is 2. The number of hydrazone groups is 1. The molecule has 0 spiro atoms. The zero-order valence-corrected chi connectivity index (χ0v) is 10.9. The second kappa shape index (κ2) is 5.75. The molecule has 0 saturated carbocycles. The number of carbonyl (C=O) groups excluding carboxylic acids is 1. The highest BCUT2D eigenvalue weighted by Gasteiger charge is 2.21. The summed E-state index contributed by atoms with van der Waals surface area (Å²) in [5.41, 5.74) is 4.96. The van der Waals surface area contributed by atoms with Crippen LogP contribution in [0.3, 0.4) is 0 Å². The highest BCUT2D eigenvalue weighted by atomic mass is 16.2. The number of hydrogen-bond donors (Lipinski definition) is 2. The maximum atomic E-state index is 11.8. The number of nitrogens with zero attached hydrogens (tertiary/aromatic N) is 3. The van der Waals surface area contributed by atoms with Gasteiger partial charge in [0.2, 0.25) is 0 Å². The Bertz CT molecular complexity index is 644. The van der Waals surface area contributed by atoms with Gasteiger partial charge in [-0.2, -0.15) is 5.10 Å². The minimum atomic E-state index is -0.126. The van der Waals surface area contributed by atoms with E-state index in [2.05, 4.69) is 25.8 Å². The Balaban J connectivity index is 1.72. The number of fused-ring (bicyclic) bond motifs is 1. The molecule has 0 unspecified atom stereocenters. The summed E-state index contributed by atoms with van der Waals surface area (Å²) in [6, 6.07) is 5.54. The SMILES string of the molecule is O=C(N/N=C/c1cccc2nccnc12)[C@@H]1CCCN1. The Morgan fingerprint density at radius 3 is 3.15 bits per heavy atom. The molecule has 1 aromatic heterocycles. The van der Waals surface area contributed by atoms with E-state index in [9.17, 15) is 4.79 Å². The van der Waals surface area contributed by atoms with E-state index < -0.39 is 0 Å². The van der Waals surface area contributed by atoms with Gasteiger partial charge in [-0.25, -0.2) is 5.43 Å². The summed E-state index contributed by atoms with van der Waals surface area (Å²) in [5.74, 6) is -0.0925. The normalized spacial score (nSPS) is 18.7. The van der Waals surface area contributed by atoms with Crippen LogP contribution < -0.4 is 10.7 Å². The maximum Gasteiger partial charge on any atom is 0.257 e. The minimum absolute atomic E-state index is 0.0925. The highest BCUT2D eigenvalue weighted by molar-refractivity contribution is 5.96. The van der Waals surface area contributed by atoms with E-state index >= 15 is 0 Å². The van der Waals surface area contributed by atoms with Gasteiger partial charge in [-0.15, -0.1) is 0 Å². The molecule has 0 aliphatic carbocycles. The van der Waals surface area contributed by atoms with E-state index in [0.717, 1.165) is 36.0 Å². The fourth-order valence-electron chi connectivity index (χ4n) is 2.27. The first-order valence-corrected chi connectivity index (χ1v) is 6.60. The summed E-state index contributed by atoms with van der Waals surface area (Å²) in [7, 11) is 0. The maximum absolute atomic E-state index is 11.8. The predicted molar refractivity (Wildman–Crippen MR) is 76.3 cm³/mol. The summed E-state index contributed by atoms with van der Waals surface area (Å²) in [5, 5.41) is 7.13. The van der Waals surface area contributed by atoms with Gasteiger partial charge in [0.1, 0.15) is 0 Å². The molecule has 1 aromatic carbocycles. The molecule has 1 saturated heterocycles. The van der Waals surface area contributed by atoms with Gasteiger partial charge in [0.05, 0.1) is 23.3 Å². The van der Waals surface area contributed by atoms with E-state index in [1.54, 1.807) is 18.6 Å². The average molecular weight is 269 g/mol. The van der Waals surface area contributed by atoms with Gasteiger partial charge in [-0.1, -0.05) is 12.1 Å². The lowest BCUT2D eigenvalue weighted by atomic mass is 10.2. The molecule has 1 aliphatic rings. The number of para-hydroxylation sites is 1. The molecule has 102 valence electrons. The third kappa shape index (κ3) is 2.65. The van der Waals surface area contributed by atoms with Gasteiger partial charge in [-0.3, -0.25) is 14.8 Å². The molecule has 1 aliphatic heterocycles. The van der Waals surface area contributed by atoms with Gasteiger partial charge in [0.25, 0.3) is 5.91 Å². The number of rotatable bonds is 3. The van der Waals surface area contributed by atoms with Crippen LogP contribution in [0.1, 0.15) is 18.4 Å². The monoisotopic (exact) mass is 269 g/mol.